The summed E-state index contributed by atoms with van der Waals surface area (Å²) in [4.78, 5) is 33.1. The Bertz CT molecular complexity index is 766. The smallest absolute Gasteiger partial charge is 0.472 e. The van der Waals surface area contributed by atoms with Crippen LogP contribution in [0, 0.1) is 0 Å². The van der Waals surface area contributed by atoms with Gasteiger partial charge in [0.1, 0.15) is 12.1 Å². The number of rotatable bonds is 33. The Morgan fingerprint density at radius 1 is 0.705 bits per heavy atom. The lowest BCUT2D eigenvalue weighted by Gasteiger charge is -2.20. The quantitative estimate of drug-likeness (QED) is 0.0274. The molecule has 0 aliphatic heterocycles. The molecule has 0 saturated heterocycles. The van der Waals surface area contributed by atoms with E-state index in [1.165, 1.54) is 77.0 Å². The van der Waals surface area contributed by atoms with Gasteiger partial charge in [-0.2, -0.15) is 0 Å². The zero-order chi connectivity index (χ0) is 32.7. The molecule has 0 saturated carbocycles. The maximum absolute atomic E-state index is 12.4. The molecule has 0 aromatic heterocycles. The van der Waals surface area contributed by atoms with Gasteiger partial charge < -0.3 is 25.2 Å². The number of allylic oxidation sites excluding steroid dienone is 2. The molecular formula is C33H64NO9P. The molecule has 0 spiro atoms. The van der Waals surface area contributed by atoms with Gasteiger partial charge in [0.15, 0.2) is 0 Å². The number of hydrogen-bond acceptors (Lipinski definition) is 8. The number of carboxylic acids is 1. The minimum absolute atomic E-state index is 0.0162. The number of phosphoric acid groups is 1. The van der Waals surface area contributed by atoms with E-state index >= 15 is 0 Å². The number of ether oxygens (including phenoxy) is 2. The molecule has 0 amide bonds. The lowest BCUT2D eigenvalue weighted by molar-refractivity contribution is -0.154. The van der Waals surface area contributed by atoms with Gasteiger partial charge in [0.25, 0.3) is 0 Å². The first-order chi connectivity index (χ1) is 21.2. The van der Waals surface area contributed by atoms with Crippen LogP contribution < -0.4 is 5.73 Å². The molecule has 0 heterocycles. The SMILES string of the molecule is CCCCCCC/C=C\CCCCCCCCOCC(COP(=O)(O)OCC(N)C(=O)O)OC(=O)CCCCCCCCC. The van der Waals surface area contributed by atoms with Gasteiger partial charge in [0, 0.05) is 13.0 Å². The molecule has 0 radical (unpaired) electrons. The fourth-order valence-corrected chi connectivity index (χ4v) is 5.32. The standard InChI is InChI=1S/C33H64NO9P/c1-3-5-7-9-11-12-13-14-15-16-17-18-20-22-24-26-40-27-30(28-41-44(38,39)42-29-31(34)33(36)37)43-32(35)25-23-21-19-10-8-6-4-2/h13-14,30-31H,3-12,15-29,34H2,1-2H3,(H,36,37)(H,38,39)/b14-13-. The van der Waals surface area contributed by atoms with Crippen molar-refractivity contribution in [2.45, 2.75) is 161 Å². The van der Waals surface area contributed by atoms with Gasteiger partial charge in [-0.3, -0.25) is 18.6 Å². The van der Waals surface area contributed by atoms with Crippen LogP contribution in [0.2, 0.25) is 0 Å². The number of hydrogen-bond donors (Lipinski definition) is 3. The van der Waals surface area contributed by atoms with Gasteiger partial charge in [-0.25, -0.2) is 4.57 Å². The summed E-state index contributed by atoms with van der Waals surface area (Å²) >= 11 is 0. The molecule has 11 heteroatoms. The highest BCUT2D eigenvalue weighted by Crippen LogP contribution is 2.43. The second-order valence-corrected chi connectivity index (χ2v) is 13.1. The van der Waals surface area contributed by atoms with Crippen molar-refractivity contribution in [3.63, 3.8) is 0 Å². The highest BCUT2D eigenvalue weighted by atomic mass is 31.2. The zero-order valence-electron chi connectivity index (χ0n) is 27.8. The van der Waals surface area contributed by atoms with Crippen molar-refractivity contribution < 1.29 is 42.7 Å². The summed E-state index contributed by atoms with van der Waals surface area (Å²) in [7, 11) is -4.59. The third-order valence-corrected chi connectivity index (χ3v) is 8.25. The van der Waals surface area contributed by atoms with Crippen molar-refractivity contribution in [1.29, 1.82) is 0 Å². The maximum Gasteiger partial charge on any atom is 0.472 e. The molecule has 0 aliphatic rings. The van der Waals surface area contributed by atoms with Gasteiger partial charge in [-0.1, -0.05) is 116 Å². The van der Waals surface area contributed by atoms with E-state index in [1.54, 1.807) is 0 Å². The van der Waals surface area contributed by atoms with E-state index in [0.29, 0.717) is 13.0 Å². The minimum Gasteiger partial charge on any atom is -0.480 e. The molecule has 0 aromatic carbocycles. The van der Waals surface area contributed by atoms with Crippen molar-refractivity contribution >= 4 is 19.8 Å². The Labute approximate surface area is 267 Å². The highest BCUT2D eigenvalue weighted by Gasteiger charge is 2.27. The average molecular weight is 650 g/mol. The largest absolute Gasteiger partial charge is 0.480 e. The Morgan fingerprint density at radius 3 is 1.73 bits per heavy atom. The number of aliphatic carboxylic acids is 1. The number of carboxylic acid groups (broad SMARTS) is 1. The van der Waals surface area contributed by atoms with Gasteiger partial charge in [0.2, 0.25) is 0 Å². The van der Waals surface area contributed by atoms with Crippen molar-refractivity contribution in [2.75, 3.05) is 26.4 Å². The number of carbonyl (C=O) groups excluding carboxylic acids is 1. The molecule has 260 valence electrons. The summed E-state index contributed by atoms with van der Waals surface area (Å²) in [6, 6.07) is -1.47. The van der Waals surface area contributed by atoms with Crippen molar-refractivity contribution in [1.82, 2.24) is 0 Å². The van der Waals surface area contributed by atoms with E-state index in [-0.39, 0.29) is 13.0 Å². The zero-order valence-corrected chi connectivity index (χ0v) is 28.7. The predicted molar refractivity (Wildman–Crippen MR) is 175 cm³/mol. The second-order valence-electron chi connectivity index (χ2n) is 11.6. The topological polar surface area (TPSA) is 155 Å². The average Bonchev–Trinajstić information content (AvgIpc) is 2.99. The molecular weight excluding hydrogens is 585 g/mol. The summed E-state index contributed by atoms with van der Waals surface area (Å²) in [5.41, 5.74) is 5.31. The molecule has 44 heavy (non-hydrogen) atoms. The third kappa shape index (κ3) is 29.4. The van der Waals surface area contributed by atoms with Crippen molar-refractivity contribution in [2.24, 2.45) is 5.73 Å². The van der Waals surface area contributed by atoms with Gasteiger partial charge >= 0.3 is 19.8 Å². The summed E-state index contributed by atoms with van der Waals surface area (Å²) in [5, 5.41) is 8.82. The van der Waals surface area contributed by atoms with Crippen LogP contribution in [0.25, 0.3) is 0 Å². The van der Waals surface area contributed by atoms with Crippen LogP contribution in [0.1, 0.15) is 149 Å². The summed E-state index contributed by atoms with van der Waals surface area (Å²) in [6.45, 7) is 3.79. The molecule has 0 aliphatic carbocycles. The normalized spacial score (nSPS) is 14.5. The molecule has 0 rings (SSSR count). The summed E-state index contributed by atoms with van der Waals surface area (Å²) in [6.07, 6.45) is 27.1. The number of unbranched alkanes of at least 4 members (excludes halogenated alkanes) is 17. The van der Waals surface area contributed by atoms with Crippen LogP contribution in [0.4, 0.5) is 0 Å². The van der Waals surface area contributed by atoms with Gasteiger partial charge in [0.05, 0.1) is 19.8 Å². The molecule has 0 fully saturated rings. The minimum atomic E-state index is -4.59. The first-order valence-electron chi connectivity index (χ1n) is 17.2. The van der Waals surface area contributed by atoms with Crippen LogP contribution in [-0.4, -0.2) is 60.5 Å². The summed E-state index contributed by atoms with van der Waals surface area (Å²) < 4.78 is 33.0. The Hall–Kier alpha value is -1.29. The maximum atomic E-state index is 12.4. The molecule has 3 atom stereocenters. The Kier molecular flexibility index (Phi) is 29.5. The second kappa shape index (κ2) is 30.4. The Morgan fingerprint density at radius 2 is 1.18 bits per heavy atom. The fourth-order valence-electron chi connectivity index (χ4n) is 4.54. The highest BCUT2D eigenvalue weighted by molar-refractivity contribution is 7.47. The molecule has 3 unspecified atom stereocenters. The molecule has 0 aromatic rings. The van der Waals surface area contributed by atoms with Crippen LogP contribution in [-0.2, 0) is 32.7 Å². The van der Waals surface area contributed by atoms with E-state index in [0.717, 1.165) is 44.9 Å². The number of phosphoric ester groups is 1. The Balaban J connectivity index is 4.27. The van der Waals surface area contributed by atoms with Gasteiger partial charge in [-0.15, -0.1) is 0 Å². The number of carbonyl (C=O) groups is 2. The lowest BCUT2D eigenvalue weighted by atomic mass is 10.1. The van der Waals surface area contributed by atoms with Gasteiger partial charge in [-0.05, 0) is 38.5 Å². The molecule has 4 N–H and O–H groups in total. The monoisotopic (exact) mass is 649 g/mol. The van der Waals surface area contributed by atoms with E-state index in [4.69, 9.17) is 24.8 Å². The van der Waals surface area contributed by atoms with E-state index < -0.39 is 45.1 Å². The molecule has 0 bridgehead atoms. The fraction of sp³-hybridized carbons (Fsp3) is 0.879. The van der Waals surface area contributed by atoms with Crippen LogP contribution in [0.15, 0.2) is 12.2 Å². The van der Waals surface area contributed by atoms with Crippen LogP contribution >= 0.6 is 7.82 Å². The summed E-state index contributed by atoms with van der Waals surface area (Å²) in [5.74, 6) is -1.79. The molecule has 10 nitrogen and oxygen atoms in total. The van der Waals surface area contributed by atoms with Crippen LogP contribution in [0.3, 0.4) is 0 Å². The third-order valence-electron chi connectivity index (χ3n) is 7.29. The predicted octanol–water partition coefficient (Wildman–Crippen LogP) is 8.25. The van der Waals surface area contributed by atoms with Crippen molar-refractivity contribution in [3.05, 3.63) is 12.2 Å². The lowest BCUT2D eigenvalue weighted by Crippen LogP contribution is -2.34. The number of nitrogens with two attached hydrogens (primary N) is 1. The van der Waals surface area contributed by atoms with Crippen LogP contribution in [0.5, 0.6) is 0 Å². The van der Waals surface area contributed by atoms with E-state index in [1.807, 2.05) is 0 Å². The van der Waals surface area contributed by atoms with Crippen molar-refractivity contribution in [3.8, 4) is 0 Å². The van der Waals surface area contributed by atoms with E-state index in [9.17, 15) is 19.0 Å². The number of esters is 1. The van der Waals surface area contributed by atoms with E-state index in [2.05, 4.69) is 30.5 Å². The first-order valence-corrected chi connectivity index (χ1v) is 18.7. The first kappa shape index (κ1) is 42.7.